The Kier molecular flexibility index (Phi) is 7.66. The topological polar surface area (TPSA) is 15.3 Å². The fraction of sp³-hybridized carbons (Fsp3) is 1.00. The van der Waals surface area contributed by atoms with Crippen LogP contribution < -0.4 is 5.32 Å². The Balaban J connectivity index is 2.42. The number of nitrogens with zero attached hydrogens (tertiary/aromatic N) is 1. The van der Waals surface area contributed by atoms with Gasteiger partial charge in [-0.15, -0.1) is 0 Å². The molecule has 4 atom stereocenters. The summed E-state index contributed by atoms with van der Waals surface area (Å²) in [4.78, 5) is 2.57. The van der Waals surface area contributed by atoms with E-state index in [2.05, 4.69) is 44.4 Å². The molecule has 0 radical (unpaired) electrons. The lowest BCUT2D eigenvalue weighted by Crippen LogP contribution is -2.45. The van der Waals surface area contributed by atoms with Crippen molar-refractivity contribution in [1.82, 2.24) is 10.2 Å². The van der Waals surface area contributed by atoms with Crippen LogP contribution in [0.25, 0.3) is 0 Å². The predicted octanol–water partition coefficient (Wildman–Crippen LogP) is 3.08. The molecule has 0 aromatic heterocycles. The van der Waals surface area contributed by atoms with Gasteiger partial charge in [0.1, 0.15) is 0 Å². The number of rotatable bonds is 7. The molecule has 18 heavy (non-hydrogen) atoms. The van der Waals surface area contributed by atoms with Gasteiger partial charge in [0.15, 0.2) is 0 Å². The SMILES string of the molecule is CNC1CCC(C)CC1CN(C)C(C)CCSC. The maximum Gasteiger partial charge on any atom is 0.0105 e. The van der Waals surface area contributed by atoms with Crippen molar-refractivity contribution < 1.29 is 0 Å². The molecule has 0 aromatic carbocycles. The number of hydrogen-bond donors (Lipinski definition) is 1. The molecule has 0 amide bonds. The van der Waals surface area contributed by atoms with Gasteiger partial charge in [-0.05, 0) is 70.5 Å². The summed E-state index contributed by atoms with van der Waals surface area (Å²) in [6, 6.07) is 1.45. The molecular formula is C15H32N2S. The van der Waals surface area contributed by atoms with Gasteiger partial charge in [-0.1, -0.05) is 6.92 Å². The minimum atomic E-state index is 0.715. The zero-order chi connectivity index (χ0) is 13.5. The molecule has 0 saturated heterocycles. The first-order valence-electron chi connectivity index (χ1n) is 7.44. The fourth-order valence-corrected chi connectivity index (χ4v) is 3.72. The van der Waals surface area contributed by atoms with Gasteiger partial charge in [-0.3, -0.25) is 0 Å². The van der Waals surface area contributed by atoms with Crippen molar-refractivity contribution in [2.75, 3.05) is 32.6 Å². The second kappa shape index (κ2) is 8.44. The van der Waals surface area contributed by atoms with Crippen molar-refractivity contribution in [3.8, 4) is 0 Å². The molecule has 1 aliphatic carbocycles. The van der Waals surface area contributed by atoms with Crippen LogP contribution in [0, 0.1) is 11.8 Å². The Morgan fingerprint density at radius 2 is 2.11 bits per heavy atom. The van der Waals surface area contributed by atoms with Crippen LogP contribution in [-0.2, 0) is 0 Å². The molecule has 3 heteroatoms. The van der Waals surface area contributed by atoms with E-state index in [1.165, 1.54) is 38.0 Å². The lowest BCUT2D eigenvalue weighted by atomic mass is 9.78. The highest BCUT2D eigenvalue weighted by Crippen LogP contribution is 2.29. The number of nitrogens with one attached hydrogen (secondary N) is 1. The van der Waals surface area contributed by atoms with Gasteiger partial charge in [0.25, 0.3) is 0 Å². The van der Waals surface area contributed by atoms with Gasteiger partial charge in [0.05, 0.1) is 0 Å². The number of hydrogen-bond acceptors (Lipinski definition) is 3. The van der Waals surface area contributed by atoms with E-state index in [0.29, 0.717) is 6.04 Å². The zero-order valence-corrected chi connectivity index (χ0v) is 13.7. The molecule has 1 aliphatic rings. The normalized spacial score (nSPS) is 30.7. The van der Waals surface area contributed by atoms with E-state index >= 15 is 0 Å². The van der Waals surface area contributed by atoms with Crippen molar-refractivity contribution >= 4 is 11.8 Å². The summed E-state index contributed by atoms with van der Waals surface area (Å²) < 4.78 is 0. The van der Waals surface area contributed by atoms with Crippen molar-refractivity contribution in [1.29, 1.82) is 0 Å². The Morgan fingerprint density at radius 1 is 1.39 bits per heavy atom. The van der Waals surface area contributed by atoms with Crippen LogP contribution in [-0.4, -0.2) is 49.6 Å². The third kappa shape index (κ3) is 5.10. The second-order valence-corrected chi connectivity index (χ2v) is 7.13. The Hall–Kier alpha value is 0.270. The highest BCUT2D eigenvalue weighted by Gasteiger charge is 2.29. The van der Waals surface area contributed by atoms with Gasteiger partial charge in [-0.25, -0.2) is 0 Å². The van der Waals surface area contributed by atoms with Crippen LogP contribution in [0.4, 0.5) is 0 Å². The Labute approximate surface area is 118 Å². The van der Waals surface area contributed by atoms with Gasteiger partial charge in [-0.2, -0.15) is 11.8 Å². The summed E-state index contributed by atoms with van der Waals surface area (Å²) >= 11 is 1.96. The van der Waals surface area contributed by atoms with Gasteiger partial charge in [0.2, 0.25) is 0 Å². The van der Waals surface area contributed by atoms with Gasteiger partial charge < -0.3 is 10.2 Å². The minimum Gasteiger partial charge on any atom is -0.317 e. The van der Waals surface area contributed by atoms with Crippen molar-refractivity contribution in [2.45, 2.75) is 51.6 Å². The largest absolute Gasteiger partial charge is 0.317 e. The molecular weight excluding hydrogens is 240 g/mol. The van der Waals surface area contributed by atoms with Crippen LogP contribution >= 0.6 is 11.8 Å². The first kappa shape index (κ1) is 16.3. The molecule has 4 unspecified atom stereocenters. The molecule has 1 fully saturated rings. The fourth-order valence-electron chi connectivity index (χ4n) is 3.14. The molecule has 1 rings (SSSR count). The zero-order valence-electron chi connectivity index (χ0n) is 12.9. The summed E-state index contributed by atoms with van der Waals surface area (Å²) in [6.07, 6.45) is 7.66. The van der Waals surface area contributed by atoms with E-state index in [-0.39, 0.29) is 0 Å². The van der Waals surface area contributed by atoms with Crippen LogP contribution in [0.2, 0.25) is 0 Å². The summed E-state index contributed by atoms with van der Waals surface area (Å²) in [5, 5.41) is 3.53. The molecule has 0 spiro atoms. The lowest BCUT2D eigenvalue weighted by molar-refractivity contribution is 0.141. The monoisotopic (exact) mass is 272 g/mol. The lowest BCUT2D eigenvalue weighted by Gasteiger charge is -2.38. The quantitative estimate of drug-likeness (QED) is 0.767. The van der Waals surface area contributed by atoms with E-state index < -0.39 is 0 Å². The average molecular weight is 273 g/mol. The van der Waals surface area contributed by atoms with E-state index in [1.54, 1.807) is 0 Å². The number of thioether (sulfide) groups is 1. The first-order chi connectivity index (χ1) is 8.58. The average Bonchev–Trinajstić information content (AvgIpc) is 2.36. The maximum atomic E-state index is 3.53. The molecule has 1 saturated carbocycles. The smallest absolute Gasteiger partial charge is 0.0105 e. The third-order valence-corrected chi connectivity index (χ3v) is 5.27. The van der Waals surface area contributed by atoms with E-state index in [9.17, 15) is 0 Å². The first-order valence-corrected chi connectivity index (χ1v) is 8.84. The highest BCUT2D eigenvalue weighted by atomic mass is 32.2. The molecule has 2 nitrogen and oxygen atoms in total. The van der Waals surface area contributed by atoms with E-state index in [1.807, 2.05) is 11.8 Å². The van der Waals surface area contributed by atoms with Crippen LogP contribution in [0.15, 0.2) is 0 Å². The highest BCUT2D eigenvalue weighted by molar-refractivity contribution is 7.98. The predicted molar refractivity (Wildman–Crippen MR) is 84.4 cm³/mol. The summed E-state index contributed by atoms with van der Waals surface area (Å²) in [6.45, 7) is 6.04. The Bertz CT molecular complexity index is 223. The second-order valence-electron chi connectivity index (χ2n) is 6.14. The standard InChI is InChI=1S/C15H32N2S/c1-12-6-7-15(16-3)14(10-12)11-17(4)13(2)8-9-18-5/h12-16H,6-11H2,1-5H3. The summed E-state index contributed by atoms with van der Waals surface area (Å²) in [5.74, 6) is 3.03. The summed E-state index contributed by atoms with van der Waals surface area (Å²) in [5.41, 5.74) is 0. The van der Waals surface area contributed by atoms with E-state index in [0.717, 1.165) is 17.9 Å². The summed E-state index contributed by atoms with van der Waals surface area (Å²) in [7, 11) is 4.43. The van der Waals surface area contributed by atoms with Gasteiger partial charge >= 0.3 is 0 Å². The molecule has 108 valence electrons. The molecule has 0 heterocycles. The minimum absolute atomic E-state index is 0.715. The van der Waals surface area contributed by atoms with Crippen LogP contribution in [0.5, 0.6) is 0 Å². The van der Waals surface area contributed by atoms with Crippen molar-refractivity contribution in [3.63, 3.8) is 0 Å². The maximum absolute atomic E-state index is 3.53. The molecule has 0 aromatic rings. The van der Waals surface area contributed by atoms with Crippen molar-refractivity contribution in [2.24, 2.45) is 11.8 Å². The Morgan fingerprint density at radius 3 is 2.72 bits per heavy atom. The third-order valence-electron chi connectivity index (χ3n) is 4.63. The van der Waals surface area contributed by atoms with E-state index in [4.69, 9.17) is 0 Å². The van der Waals surface area contributed by atoms with Crippen LogP contribution in [0.3, 0.4) is 0 Å². The van der Waals surface area contributed by atoms with Gasteiger partial charge in [0, 0.05) is 18.6 Å². The van der Waals surface area contributed by atoms with Crippen LogP contribution in [0.1, 0.15) is 39.5 Å². The molecule has 1 N–H and O–H groups in total. The molecule has 0 bridgehead atoms. The van der Waals surface area contributed by atoms with Crippen molar-refractivity contribution in [3.05, 3.63) is 0 Å². The molecule has 0 aliphatic heterocycles.